The number of aryl methyl sites for hydroxylation is 1. The Kier molecular flexibility index (Phi) is 4.28. The Labute approximate surface area is 139 Å². The van der Waals surface area contributed by atoms with E-state index < -0.39 is 4.92 Å². The van der Waals surface area contributed by atoms with E-state index in [4.69, 9.17) is 0 Å². The molecule has 1 aliphatic heterocycles. The predicted octanol–water partition coefficient (Wildman–Crippen LogP) is 2.90. The van der Waals surface area contributed by atoms with Crippen LogP contribution in [0.5, 0.6) is 0 Å². The summed E-state index contributed by atoms with van der Waals surface area (Å²) in [6, 6.07) is 4.23. The van der Waals surface area contributed by atoms with Gasteiger partial charge >= 0.3 is 0 Å². The lowest BCUT2D eigenvalue weighted by Gasteiger charge is -2.19. The third kappa shape index (κ3) is 2.99. The Balaban J connectivity index is 1.89. The van der Waals surface area contributed by atoms with Crippen molar-refractivity contribution in [3.63, 3.8) is 0 Å². The number of rotatable bonds is 5. The number of benzene rings is 1. The molecule has 0 bridgehead atoms. The number of hydrogen-bond acceptors (Lipinski definition) is 6. The Morgan fingerprint density at radius 2 is 2.17 bits per heavy atom. The second kappa shape index (κ2) is 6.38. The number of aromatic nitrogens is 3. The lowest BCUT2D eigenvalue weighted by Crippen LogP contribution is -2.18. The summed E-state index contributed by atoms with van der Waals surface area (Å²) in [5.74, 6) is 1.53. The van der Waals surface area contributed by atoms with Crippen LogP contribution in [0.4, 0.5) is 11.4 Å². The fraction of sp³-hybridized carbons (Fsp3) is 0.438. The second-order valence-electron chi connectivity index (χ2n) is 5.99. The first-order valence-corrected chi connectivity index (χ1v) is 7.95. The minimum atomic E-state index is -0.485. The average Bonchev–Trinajstić information content (AvgIpc) is 2.98. The molecule has 8 nitrogen and oxygen atoms in total. The van der Waals surface area contributed by atoms with Crippen molar-refractivity contribution in [3.8, 4) is 0 Å². The SMILES string of the molecule is CC(=O)c1ccc(NC(C)c2nnc3n2CCCC3)c([N+](=O)[O-])c1. The monoisotopic (exact) mass is 329 g/mol. The van der Waals surface area contributed by atoms with Crippen molar-refractivity contribution in [3.05, 3.63) is 45.5 Å². The van der Waals surface area contributed by atoms with Crippen LogP contribution in [0.3, 0.4) is 0 Å². The maximum absolute atomic E-state index is 11.4. The van der Waals surface area contributed by atoms with Crippen LogP contribution >= 0.6 is 0 Å². The molecule has 1 aliphatic rings. The van der Waals surface area contributed by atoms with Crippen molar-refractivity contribution in [2.45, 2.75) is 45.7 Å². The molecule has 0 radical (unpaired) electrons. The molecule has 1 aromatic heterocycles. The fourth-order valence-electron chi connectivity index (χ4n) is 2.97. The van der Waals surface area contributed by atoms with E-state index in [-0.39, 0.29) is 17.5 Å². The first kappa shape index (κ1) is 16.1. The van der Waals surface area contributed by atoms with Gasteiger partial charge in [0.15, 0.2) is 11.6 Å². The minimum Gasteiger partial charge on any atom is -0.370 e. The summed E-state index contributed by atoms with van der Waals surface area (Å²) < 4.78 is 2.08. The van der Waals surface area contributed by atoms with Crippen LogP contribution < -0.4 is 5.32 Å². The number of fused-ring (bicyclic) bond motifs is 1. The molecule has 0 saturated heterocycles. The normalized spacial score (nSPS) is 14.8. The van der Waals surface area contributed by atoms with Gasteiger partial charge in [-0.2, -0.15) is 0 Å². The highest BCUT2D eigenvalue weighted by atomic mass is 16.6. The number of carbonyl (C=O) groups excluding carboxylic acids is 1. The van der Waals surface area contributed by atoms with Crippen molar-refractivity contribution in [1.29, 1.82) is 0 Å². The van der Waals surface area contributed by atoms with E-state index >= 15 is 0 Å². The van der Waals surface area contributed by atoms with Gasteiger partial charge in [-0.25, -0.2) is 0 Å². The standard InChI is InChI=1S/C16H19N5O3/c1-10(16-19-18-15-5-3-4-8-20(15)16)17-13-7-6-12(11(2)22)9-14(13)21(23)24/h6-7,9-10,17H,3-5,8H2,1-2H3. The molecule has 1 unspecified atom stereocenters. The van der Waals surface area contributed by atoms with Crippen molar-refractivity contribution >= 4 is 17.2 Å². The lowest BCUT2D eigenvalue weighted by atomic mass is 10.1. The molecule has 2 aromatic rings. The predicted molar refractivity (Wildman–Crippen MR) is 88.1 cm³/mol. The zero-order chi connectivity index (χ0) is 17.3. The molecule has 1 aromatic carbocycles. The largest absolute Gasteiger partial charge is 0.370 e. The van der Waals surface area contributed by atoms with E-state index in [0.29, 0.717) is 11.3 Å². The highest BCUT2D eigenvalue weighted by Crippen LogP contribution is 2.29. The molecule has 1 N–H and O–H groups in total. The molecule has 0 fully saturated rings. The first-order valence-electron chi connectivity index (χ1n) is 7.95. The van der Waals surface area contributed by atoms with E-state index in [1.165, 1.54) is 13.0 Å². The van der Waals surface area contributed by atoms with Gasteiger partial charge in [0.05, 0.1) is 11.0 Å². The number of carbonyl (C=O) groups is 1. The van der Waals surface area contributed by atoms with Gasteiger partial charge < -0.3 is 9.88 Å². The fourth-order valence-corrected chi connectivity index (χ4v) is 2.97. The zero-order valence-electron chi connectivity index (χ0n) is 13.7. The molecule has 0 aliphatic carbocycles. The Hall–Kier alpha value is -2.77. The topological polar surface area (TPSA) is 103 Å². The summed E-state index contributed by atoms with van der Waals surface area (Å²) in [5.41, 5.74) is 0.568. The number of nitrogens with zero attached hydrogens (tertiary/aromatic N) is 4. The summed E-state index contributed by atoms with van der Waals surface area (Å²) >= 11 is 0. The first-order chi connectivity index (χ1) is 11.5. The molecule has 126 valence electrons. The maximum Gasteiger partial charge on any atom is 0.293 e. The Bertz CT molecular complexity index is 799. The van der Waals surface area contributed by atoms with Gasteiger partial charge in [0, 0.05) is 24.6 Å². The molecular weight excluding hydrogens is 310 g/mol. The smallest absolute Gasteiger partial charge is 0.293 e. The molecule has 3 rings (SSSR count). The number of nitro benzene ring substituents is 1. The van der Waals surface area contributed by atoms with Crippen LogP contribution in [0, 0.1) is 10.1 Å². The molecule has 1 atom stereocenters. The Morgan fingerprint density at radius 3 is 2.88 bits per heavy atom. The van der Waals surface area contributed by atoms with Crippen LogP contribution in [0.1, 0.15) is 54.7 Å². The van der Waals surface area contributed by atoms with E-state index in [2.05, 4.69) is 20.1 Å². The zero-order valence-corrected chi connectivity index (χ0v) is 13.7. The van der Waals surface area contributed by atoms with E-state index in [1.807, 2.05) is 6.92 Å². The maximum atomic E-state index is 11.4. The van der Waals surface area contributed by atoms with Gasteiger partial charge in [0.1, 0.15) is 11.5 Å². The van der Waals surface area contributed by atoms with Crippen molar-refractivity contribution in [2.75, 3.05) is 5.32 Å². The molecule has 24 heavy (non-hydrogen) atoms. The van der Waals surface area contributed by atoms with Crippen LogP contribution in [0.2, 0.25) is 0 Å². The summed E-state index contributed by atoms with van der Waals surface area (Å²) in [4.78, 5) is 22.3. The van der Waals surface area contributed by atoms with Gasteiger partial charge in [-0.15, -0.1) is 10.2 Å². The van der Waals surface area contributed by atoms with Gasteiger partial charge in [-0.3, -0.25) is 14.9 Å². The number of nitro groups is 1. The number of anilines is 1. The number of Topliss-reactive ketones (excluding diaryl/α,β-unsaturated/α-hetero) is 1. The molecule has 0 amide bonds. The van der Waals surface area contributed by atoms with Crippen LogP contribution in [0.25, 0.3) is 0 Å². The van der Waals surface area contributed by atoms with E-state index in [0.717, 1.165) is 37.5 Å². The molecular formula is C16H19N5O3. The van der Waals surface area contributed by atoms with Gasteiger partial charge in [0.2, 0.25) is 0 Å². The number of ketones is 1. The van der Waals surface area contributed by atoms with E-state index in [9.17, 15) is 14.9 Å². The molecule has 2 heterocycles. The third-order valence-corrected chi connectivity index (χ3v) is 4.25. The van der Waals surface area contributed by atoms with Gasteiger partial charge in [0.25, 0.3) is 5.69 Å². The number of nitrogens with one attached hydrogen (secondary N) is 1. The number of hydrogen-bond donors (Lipinski definition) is 1. The summed E-state index contributed by atoms with van der Waals surface area (Å²) in [7, 11) is 0. The van der Waals surface area contributed by atoms with Crippen molar-refractivity contribution in [1.82, 2.24) is 14.8 Å². The minimum absolute atomic E-state index is 0.118. The quantitative estimate of drug-likeness (QED) is 0.514. The lowest BCUT2D eigenvalue weighted by molar-refractivity contribution is -0.384. The van der Waals surface area contributed by atoms with E-state index in [1.54, 1.807) is 12.1 Å². The average molecular weight is 329 g/mol. The molecule has 0 saturated carbocycles. The highest BCUT2D eigenvalue weighted by Gasteiger charge is 2.23. The summed E-state index contributed by atoms with van der Waals surface area (Å²) in [5, 5.41) is 22.9. The summed E-state index contributed by atoms with van der Waals surface area (Å²) in [6.07, 6.45) is 3.10. The third-order valence-electron chi connectivity index (χ3n) is 4.25. The summed E-state index contributed by atoms with van der Waals surface area (Å²) in [6.45, 7) is 4.15. The molecule has 0 spiro atoms. The second-order valence-corrected chi connectivity index (χ2v) is 5.99. The van der Waals surface area contributed by atoms with Crippen LogP contribution in [0.15, 0.2) is 18.2 Å². The Morgan fingerprint density at radius 1 is 1.38 bits per heavy atom. The van der Waals surface area contributed by atoms with Crippen molar-refractivity contribution in [2.24, 2.45) is 0 Å². The van der Waals surface area contributed by atoms with Crippen LogP contribution in [-0.2, 0) is 13.0 Å². The highest BCUT2D eigenvalue weighted by molar-refractivity contribution is 5.95. The van der Waals surface area contributed by atoms with Crippen molar-refractivity contribution < 1.29 is 9.72 Å². The van der Waals surface area contributed by atoms with Gasteiger partial charge in [-0.1, -0.05) is 0 Å². The molecule has 8 heteroatoms. The van der Waals surface area contributed by atoms with Crippen LogP contribution in [-0.4, -0.2) is 25.5 Å². The van der Waals surface area contributed by atoms with Gasteiger partial charge in [-0.05, 0) is 38.8 Å².